The molecule has 0 aromatic heterocycles. The van der Waals surface area contributed by atoms with Gasteiger partial charge in [0.15, 0.2) is 0 Å². The molecular weight excluding hydrogens is 330 g/mol. The number of ether oxygens (including phenoxy) is 2. The summed E-state index contributed by atoms with van der Waals surface area (Å²) in [6, 6.07) is 4.42. The Morgan fingerprint density at radius 1 is 1.25 bits per heavy atom. The molecule has 0 aliphatic rings. The van der Waals surface area contributed by atoms with E-state index in [1.165, 1.54) is 26.0 Å². The maximum absolute atomic E-state index is 12.2. The fourth-order valence-electron chi connectivity index (χ4n) is 2.04. The number of nitrogens with one attached hydrogen (secondary N) is 1. The molecule has 1 unspecified atom stereocenters. The lowest BCUT2D eigenvalue weighted by molar-refractivity contribution is -0.137. The second-order valence-corrected chi connectivity index (χ2v) is 8.03. The number of hydrogen-bond donors (Lipinski definition) is 2. The van der Waals surface area contributed by atoms with Gasteiger partial charge in [-0.25, -0.2) is 0 Å². The third-order valence-electron chi connectivity index (χ3n) is 3.17. The number of aliphatic carboxylic acids is 1. The summed E-state index contributed by atoms with van der Waals surface area (Å²) >= 11 is 1.50. The Balaban J connectivity index is 2.97. The number of methoxy groups -OCH3 is 2. The molecular formula is C17H25NO5S. The number of hydrogen-bond acceptors (Lipinski definition) is 5. The van der Waals surface area contributed by atoms with Crippen molar-refractivity contribution in [2.45, 2.75) is 38.0 Å². The van der Waals surface area contributed by atoms with Crippen LogP contribution >= 0.6 is 11.8 Å². The van der Waals surface area contributed by atoms with Gasteiger partial charge >= 0.3 is 5.97 Å². The SMILES string of the molecule is COc1ccc(C(CC(=O)O)NC(=O)CSC(C)(C)C)c(OC)c1. The number of carbonyl (C=O) groups excluding carboxylic acids is 1. The molecule has 7 heteroatoms. The highest BCUT2D eigenvalue weighted by Crippen LogP contribution is 2.31. The summed E-state index contributed by atoms with van der Waals surface area (Å²) in [5, 5.41) is 11.9. The average molecular weight is 355 g/mol. The number of thioether (sulfide) groups is 1. The third-order valence-corrected chi connectivity index (χ3v) is 4.44. The van der Waals surface area contributed by atoms with Crippen LogP contribution in [0.5, 0.6) is 11.5 Å². The lowest BCUT2D eigenvalue weighted by atomic mass is 10.0. The van der Waals surface area contributed by atoms with Crippen LogP contribution in [0.25, 0.3) is 0 Å². The quantitative estimate of drug-likeness (QED) is 0.746. The standard InChI is InChI=1S/C17H25NO5S/c1-17(2,3)24-10-15(19)18-13(9-16(20)21)12-7-6-11(22-4)8-14(12)23-5/h6-8,13H,9-10H2,1-5H3,(H,18,19)(H,20,21). The van der Waals surface area contributed by atoms with E-state index in [0.29, 0.717) is 17.1 Å². The third kappa shape index (κ3) is 6.70. The van der Waals surface area contributed by atoms with E-state index in [1.54, 1.807) is 18.2 Å². The second-order valence-electron chi connectivity index (χ2n) is 6.23. The molecule has 1 atom stereocenters. The van der Waals surface area contributed by atoms with Gasteiger partial charge in [0, 0.05) is 16.4 Å². The van der Waals surface area contributed by atoms with E-state index in [9.17, 15) is 9.59 Å². The van der Waals surface area contributed by atoms with Crippen molar-refractivity contribution in [1.82, 2.24) is 5.32 Å². The van der Waals surface area contributed by atoms with E-state index in [2.05, 4.69) is 5.32 Å². The van der Waals surface area contributed by atoms with Crippen molar-refractivity contribution < 1.29 is 24.2 Å². The van der Waals surface area contributed by atoms with Crippen molar-refractivity contribution in [1.29, 1.82) is 0 Å². The molecule has 0 fully saturated rings. The number of carbonyl (C=O) groups is 2. The normalized spacial score (nSPS) is 12.4. The number of carboxylic acid groups (broad SMARTS) is 1. The van der Waals surface area contributed by atoms with Gasteiger partial charge < -0.3 is 19.9 Å². The highest BCUT2D eigenvalue weighted by atomic mass is 32.2. The van der Waals surface area contributed by atoms with Crippen molar-refractivity contribution in [2.75, 3.05) is 20.0 Å². The van der Waals surface area contributed by atoms with Crippen LogP contribution in [0, 0.1) is 0 Å². The molecule has 1 aromatic carbocycles. The van der Waals surface area contributed by atoms with E-state index in [0.717, 1.165) is 0 Å². The predicted molar refractivity (Wildman–Crippen MR) is 94.9 cm³/mol. The van der Waals surface area contributed by atoms with Crippen LogP contribution in [0.1, 0.15) is 38.8 Å². The van der Waals surface area contributed by atoms with Gasteiger partial charge in [0.2, 0.25) is 5.91 Å². The first kappa shape index (κ1) is 20.2. The lowest BCUT2D eigenvalue weighted by Crippen LogP contribution is -2.32. The predicted octanol–water partition coefficient (Wildman–Crippen LogP) is 2.87. The van der Waals surface area contributed by atoms with Gasteiger partial charge in [0.25, 0.3) is 0 Å². The summed E-state index contributed by atoms with van der Waals surface area (Å²) in [7, 11) is 3.03. The highest BCUT2D eigenvalue weighted by Gasteiger charge is 2.23. The first-order valence-corrected chi connectivity index (χ1v) is 8.52. The van der Waals surface area contributed by atoms with Crippen molar-refractivity contribution in [3.05, 3.63) is 23.8 Å². The van der Waals surface area contributed by atoms with Crippen LogP contribution in [0.15, 0.2) is 18.2 Å². The Hall–Kier alpha value is -1.89. The van der Waals surface area contributed by atoms with Crippen LogP contribution in [0.4, 0.5) is 0 Å². The summed E-state index contributed by atoms with van der Waals surface area (Å²) in [6.07, 6.45) is -0.228. The van der Waals surface area contributed by atoms with Crippen LogP contribution < -0.4 is 14.8 Å². The minimum absolute atomic E-state index is 0.0442. The van der Waals surface area contributed by atoms with E-state index in [4.69, 9.17) is 14.6 Å². The van der Waals surface area contributed by atoms with E-state index >= 15 is 0 Å². The van der Waals surface area contributed by atoms with Gasteiger partial charge in [0.1, 0.15) is 11.5 Å². The number of rotatable bonds is 8. The minimum Gasteiger partial charge on any atom is -0.497 e. The zero-order chi connectivity index (χ0) is 18.3. The summed E-state index contributed by atoms with van der Waals surface area (Å²) < 4.78 is 10.4. The second kappa shape index (κ2) is 8.82. The van der Waals surface area contributed by atoms with Gasteiger partial charge in [-0.1, -0.05) is 20.8 Å². The van der Waals surface area contributed by atoms with Gasteiger partial charge in [-0.2, -0.15) is 0 Å². The highest BCUT2D eigenvalue weighted by molar-refractivity contribution is 8.01. The van der Waals surface area contributed by atoms with Gasteiger partial charge in [-0.05, 0) is 12.1 Å². The summed E-state index contributed by atoms with van der Waals surface area (Å²) in [5.74, 6) is 0.127. The van der Waals surface area contributed by atoms with Crippen molar-refractivity contribution in [3.63, 3.8) is 0 Å². The molecule has 134 valence electrons. The number of carboxylic acids is 1. The average Bonchev–Trinajstić information content (AvgIpc) is 2.50. The molecule has 1 amide bonds. The number of amides is 1. The fraction of sp³-hybridized carbons (Fsp3) is 0.529. The Bertz CT molecular complexity index is 583. The van der Waals surface area contributed by atoms with Crippen molar-refractivity contribution >= 4 is 23.6 Å². The van der Waals surface area contributed by atoms with Crippen LogP contribution in [-0.2, 0) is 9.59 Å². The molecule has 0 heterocycles. The Kier molecular flexibility index (Phi) is 7.41. The molecule has 1 aromatic rings. The molecule has 2 N–H and O–H groups in total. The molecule has 0 saturated heterocycles. The smallest absolute Gasteiger partial charge is 0.305 e. The van der Waals surface area contributed by atoms with Gasteiger partial charge in [-0.15, -0.1) is 11.8 Å². The fourth-order valence-corrected chi connectivity index (χ4v) is 2.69. The van der Waals surface area contributed by atoms with Gasteiger partial charge in [-0.3, -0.25) is 9.59 Å². The Morgan fingerprint density at radius 2 is 1.92 bits per heavy atom. The van der Waals surface area contributed by atoms with Crippen LogP contribution in [0.3, 0.4) is 0 Å². The summed E-state index contributed by atoms with van der Waals surface area (Å²) in [6.45, 7) is 6.06. The molecule has 0 aliphatic carbocycles. The van der Waals surface area contributed by atoms with Crippen LogP contribution in [-0.4, -0.2) is 41.7 Å². The van der Waals surface area contributed by atoms with Crippen molar-refractivity contribution in [2.24, 2.45) is 0 Å². The molecule has 0 spiro atoms. The molecule has 6 nitrogen and oxygen atoms in total. The zero-order valence-electron chi connectivity index (χ0n) is 14.7. The molecule has 0 radical (unpaired) electrons. The number of benzene rings is 1. The van der Waals surface area contributed by atoms with E-state index < -0.39 is 12.0 Å². The minimum atomic E-state index is -0.998. The largest absolute Gasteiger partial charge is 0.497 e. The zero-order valence-corrected chi connectivity index (χ0v) is 15.5. The van der Waals surface area contributed by atoms with Crippen LogP contribution in [0.2, 0.25) is 0 Å². The Labute approximate surface area is 146 Å². The maximum Gasteiger partial charge on any atom is 0.305 e. The Morgan fingerprint density at radius 3 is 2.42 bits per heavy atom. The topological polar surface area (TPSA) is 84.9 Å². The van der Waals surface area contributed by atoms with Gasteiger partial charge in [0.05, 0.1) is 32.4 Å². The van der Waals surface area contributed by atoms with E-state index in [-0.39, 0.29) is 22.8 Å². The maximum atomic E-state index is 12.2. The van der Waals surface area contributed by atoms with Crippen molar-refractivity contribution in [3.8, 4) is 11.5 Å². The molecule has 0 saturated carbocycles. The molecule has 24 heavy (non-hydrogen) atoms. The monoisotopic (exact) mass is 355 g/mol. The lowest BCUT2D eigenvalue weighted by Gasteiger charge is -2.22. The van der Waals surface area contributed by atoms with E-state index in [1.807, 2.05) is 20.8 Å². The summed E-state index contributed by atoms with van der Waals surface area (Å²) in [4.78, 5) is 23.4. The first-order chi connectivity index (χ1) is 11.2. The summed E-state index contributed by atoms with van der Waals surface area (Å²) in [5.41, 5.74) is 0.606. The molecule has 1 rings (SSSR count). The molecule has 0 aliphatic heterocycles. The first-order valence-electron chi connectivity index (χ1n) is 7.53. The molecule has 0 bridgehead atoms.